The van der Waals surface area contributed by atoms with Crippen molar-refractivity contribution in [2.75, 3.05) is 14.1 Å². The van der Waals surface area contributed by atoms with Gasteiger partial charge in [0.05, 0.1) is 11.4 Å². The van der Waals surface area contributed by atoms with Crippen LogP contribution in [-0.4, -0.2) is 43.7 Å². The topological polar surface area (TPSA) is 57.7 Å². The van der Waals surface area contributed by atoms with E-state index in [1.54, 1.807) is 23.5 Å². The molecule has 3 rings (SSSR count). The molecule has 1 heterocycles. The third-order valence-corrected chi connectivity index (χ3v) is 6.69. The Labute approximate surface area is 146 Å². The van der Waals surface area contributed by atoms with Crippen molar-refractivity contribution in [3.8, 4) is 0 Å². The van der Waals surface area contributed by atoms with Crippen molar-refractivity contribution in [3.63, 3.8) is 0 Å². The van der Waals surface area contributed by atoms with Crippen LogP contribution < -0.4 is 0 Å². The predicted molar refractivity (Wildman–Crippen MR) is 94.5 cm³/mol. The summed E-state index contributed by atoms with van der Waals surface area (Å²) in [5, 5.41) is 2.00. The first-order valence-corrected chi connectivity index (χ1v) is 10.1. The van der Waals surface area contributed by atoms with E-state index in [1.807, 2.05) is 22.4 Å². The monoisotopic (exact) mass is 364 g/mol. The zero-order valence-electron chi connectivity index (χ0n) is 13.7. The SMILES string of the molecule is CN(C)S(=O)(=O)c1cccc(C(=O)N(Cc2cccs2)C2CC2)c1. The highest BCUT2D eigenvalue weighted by molar-refractivity contribution is 7.89. The van der Waals surface area contributed by atoms with E-state index >= 15 is 0 Å². The molecule has 1 aromatic heterocycles. The molecular formula is C17H20N2O3S2. The lowest BCUT2D eigenvalue weighted by atomic mass is 10.2. The molecule has 0 spiro atoms. The molecule has 0 unspecified atom stereocenters. The van der Waals surface area contributed by atoms with Crippen molar-refractivity contribution < 1.29 is 13.2 Å². The van der Waals surface area contributed by atoms with Gasteiger partial charge in [0.25, 0.3) is 5.91 Å². The van der Waals surface area contributed by atoms with Crippen LogP contribution in [0.3, 0.4) is 0 Å². The maximum atomic E-state index is 12.9. The van der Waals surface area contributed by atoms with Crippen molar-refractivity contribution in [1.29, 1.82) is 0 Å². The van der Waals surface area contributed by atoms with E-state index in [9.17, 15) is 13.2 Å². The fourth-order valence-electron chi connectivity index (χ4n) is 2.49. The molecule has 1 fully saturated rings. The average molecular weight is 364 g/mol. The van der Waals surface area contributed by atoms with Crippen LogP contribution in [0.15, 0.2) is 46.7 Å². The summed E-state index contributed by atoms with van der Waals surface area (Å²) >= 11 is 1.62. The molecule has 128 valence electrons. The van der Waals surface area contributed by atoms with Crippen molar-refractivity contribution in [3.05, 3.63) is 52.2 Å². The summed E-state index contributed by atoms with van der Waals surface area (Å²) in [6.45, 7) is 0.575. The number of sulfonamides is 1. The van der Waals surface area contributed by atoms with Crippen LogP contribution in [0.5, 0.6) is 0 Å². The summed E-state index contributed by atoms with van der Waals surface area (Å²) in [5.74, 6) is -0.110. The van der Waals surface area contributed by atoms with Crippen molar-refractivity contribution >= 4 is 27.3 Å². The minimum atomic E-state index is -3.55. The third kappa shape index (κ3) is 3.53. The van der Waals surface area contributed by atoms with Gasteiger partial charge in [-0.05, 0) is 42.5 Å². The lowest BCUT2D eigenvalue weighted by Gasteiger charge is -2.22. The Hall–Kier alpha value is -1.70. The molecule has 0 atom stereocenters. The number of thiophene rings is 1. The quantitative estimate of drug-likeness (QED) is 0.792. The molecule has 1 amide bonds. The fraction of sp³-hybridized carbons (Fsp3) is 0.353. The van der Waals surface area contributed by atoms with Crippen molar-refractivity contribution in [2.24, 2.45) is 0 Å². The van der Waals surface area contributed by atoms with E-state index in [0.29, 0.717) is 12.1 Å². The molecule has 0 aliphatic heterocycles. The summed E-state index contributed by atoms with van der Waals surface area (Å²) in [6, 6.07) is 10.5. The van der Waals surface area contributed by atoms with Gasteiger partial charge >= 0.3 is 0 Å². The summed E-state index contributed by atoms with van der Waals surface area (Å²) in [6.07, 6.45) is 2.01. The van der Waals surface area contributed by atoms with Gasteiger partial charge in [0.2, 0.25) is 10.0 Å². The molecule has 2 aromatic rings. The number of hydrogen-bond acceptors (Lipinski definition) is 4. The van der Waals surface area contributed by atoms with Gasteiger partial charge in [0.1, 0.15) is 0 Å². The Morgan fingerprint density at radius 3 is 2.54 bits per heavy atom. The molecule has 5 nitrogen and oxygen atoms in total. The maximum absolute atomic E-state index is 12.9. The number of benzene rings is 1. The van der Waals surface area contributed by atoms with Gasteiger partial charge in [-0.15, -0.1) is 11.3 Å². The molecule has 0 saturated heterocycles. The largest absolute Gasteiger partial charge is 0.331 e. The molecule has 0 radical (unpaired) electrons. The molecular weight excluding hydrogens is 344 g/mol. The summed E-state index contributed by atoms with van der Waals surface area (Å²) in [7, 11) is -0.582. The predicted octanol–water partition coefficient (Wildman–Crippen LogP) is 2.80. The third-order valence-electron chi connectivity index (χ3n) is 4.01. The summed E-state index contributed by atoms with van der Waals surface area (Å²) < 4.78 is 25.7. The molecule has 1 aliphatic rings. The number of rotatable bonds is 6. The summed E-state index contributed by atoms with van der Waals surface area (Å²) in [4.78, 5) is 16.1. The van der Waals surface area contributed by atoms with E-state index in [1.165, 1.54) is 26.2 Å². The standard InChI is InChI=1S/C17H20N2O3S2/c1-18(2)24(21,22)16-7-3-5-13(11-16)17(20)19(14-8-9-14)12-15-6-4-10-23-15/h3-7,10-11,14H,8-9,12H2,1-2H3. The van der Waals surface area contributed by atoms with Gasteiger partial charge in [0, 0.05) is 30.6 Å². The number of nitrogens with zero attached hydrogens (tertiary/aromatic N) is 2. The van der Waals surface area contributed by atoms with Gasteiger partial charge in [-0.3, -0.25) is 4.79 Å². The Balaban J connectivity index is 1.88. The van der Waals surface area contributed by atoms with E-state index in [0.717, 1.165) is 22.0 Å². The zero-order chi connectivity index (χ0) is 17.3. The second-order valence-electron chi connectivity index (χ2n) is 6.06. The Morgan fingerprint density at radius 2 is 1.96 bits per heavy atom. The minimum Gasteiger partial charge on any atom is -0.331 e. The zero-order valence-corrected chi connectivity index (χ0v) is 15.3. The highest BCUT2D eigenvalue weighted by Gasteiger charge is 2.33. The van der Waals surface area contributed by atoms with Gasteiger partial charge < -0.3 is 4.90 Å². The number of carbonyl (C=O) groups is 1. The fourth-order valence-corrected chi connectivity index (χ4v) is 4.14. The molecule has 0 N–H and O–H groups in total. The normalized spacial score (nSPS) is 14.8. The number of hydrogen-bond donors (Lipinski definition) is 0. The average Bonchev–Trinajstić information content (AvgIpc) is 3.28. The van der Waals surface area contributed by atoms with E-state index in [-0.39, 0.29) is 16.8 Å². The van der Waals surface area contributed by atoms with Crippen LogP contribution in [-0.2, 0) is 16.6 Å². The Bertz CT molecular complexity index is 825. The van der Waals surface area contributed by atoms with E-state index in [4.69, 9.17) is 0 Å². The smallest absolute Gasteiger partial charge is 0.254 e. The van der Waals surface area contributed by atoms with Gasteiger partial charge in [-0.25, -0.2) is 12.7 Å². The maximum Gasteiger partial charge on any atom is 0.254 e. The molecule has 1 aromatic carbocycles. The first-order chi connectivity index (χ1) is 11.4. The van der Waals surface area contributed by atoms with Crippen molar-refractivity contribution in [2.45, 2.75) is 30.3 Å². The minimum absolute atomic E-state index is 0.110. The van der Waals surface area contributed by atoms with Crippen LogP contribution in [0.25, 0.3) is 0 Å². The molecule has 24 heavy (non-hydrogen) atoms. The van der Waals surface area contributed by atoms with Crippen LogP contribution in [0, 0.1) is 0 Å². The Morgan fingerprint density at radius 1 is 1.21 bits per heavy atom. The highest BCUT2D eigenvalue weighted by Crippen LogP contribution is 2.31. The van der Waals surface area contributed by atoms with E-state index in [2.05, 4.69) is 0 Å². The second kappa shape index (κ2) is 6.66. The van der Waals surface area contributed by atoms with Crippen LogP contribution in [0.2, 0.25) is 0 Å². The highest BCUT2D eigenvalue weighted by atomic mass is 32.2. The van der Waals surface area contributed by atoms with Crippen LogP contribution >= 0.6 is 11.3 Å². The molecule has 1 aliphatic carbocycles. The van der Waals surface area contributed by atoms with Crippen LogP contribution in [0.1, 0.15) is 28.1 Å². The lowest BCUT2D eigenvalue weighted by molar-refractivity contribution is 0.0731. The van der Waals surface area contributed by atoms with E-state index < -0.39 is 10.0 Å². The number of carbonyl (C=O) groups excluding carboxylic acids is 1. The molecule has 7 heteroatoms. The second-order valence-corrected chi connectivity index (χ2v) is 9.24. The van der Waals surface area contributed by atoms with Gasteiger partial charge in [-0.1, -0.05) is 12.1 Å². The van der Waals surface area contributed by atoms with Crippen molar-refractivity contribution in [1.82, 2.24) is 9.21 Å². The van der Waals surface area contributed by atoms with Crippen LogP contribution in [0.4, 0.5) is 0 Å². The first kappa shape index (κ1) is 17.1. The van der Waals surface area contributed by atoms with Gasteiger partial charge in [0.15, 0.2) is 0 Å². The van der Waals surface area contributed by atoms with Gasteiger partial charge in [-0.2, -0.15) is 0 Å². The summed E-state index contributed by atoms with van der Waals surface area (Å²) in [5.41, 5.74) is 0.418. The lowest BCUT2D eigenvalue weighted by Crippen LogP contribution is -2.32. The first-order valence-electron chi connectivity index (χ1n) is 7.75. The Kier molecular flexibility index (Phi) is 4.76. The molecule has 1 saturated carbocycles. The molecule has 0 bridgehead atoms. The number of amides is 1.